The molecule has 0 atom stereocenters. The SMILES string of the molecule is CC(C)NCc1ncnn1CCC1CCCC1. The zero-order chi connectivity index (χ0) is 12.1. The van der Waals surface area contributed by atoms with E-state index in [1.165, 1.54) is 32.1 Å². The van der Waals surface area contributed by atoms with Crippen molar-refractivity contribution < 1.29 is 0 Å². The van der Waals surface area contributed by atoms with Crippen LogP contribution in [0.25, 0.3) is 0 Å². The van der Waals surface area contributed by atoms with Crippen molar-refractivity contribution in [2.75, 3.05) is 0 Å². The lowest BCUT2D eigenvalue weighted by molar-refractivity contribution is 0.424. The molecule has 0 aromatic carbocycles. The molecule has 0 aliphatic heterocycles. The minimum absolute atomic E-state index is 0.495. The Labute approximate surface area is 104 Å². The van der Waals surface area contributed by atoms with Crippen LogP contribution in [0, 0.1) is 5.92 Å². The zero-order valence-corrected chi connectivity index (χ0v) is 11.0. The third-order valence-electron chi connectivity index (χ3n) is 3.59. The van der Waals surface area contributed by atoms with Gasteiger partial charge in [-0.3, -0.25) is 0 Å². The summed E-state index contributed by atoms with van der Waals surface area (Å²) < 4.78 is 2.06. The van der Waals surface area contributed by atoms with E-state index in [1.54, 1.807) is 6.33 Å². The molecule has 1 aliphatic carbocycles. The van der Waals surface area contributed by atoms with Gasteiger partial charge in [-0.2, -0.15) is 5.10 Å². The second kappa shape index (κ2) is 6.15. The first kappa shape index (κ1) is 12.6. The van der Waals surface area contributed by atoms with Crippen molar-refractivity contribution in [1.29, 1.82) is 0 Å². The summed E-state index contributed by atoms with van der Waals surface area (Å²) in [6, 6.07) is 0.495. The molecule has 1 N–H and O–H groups in total. The zero-order valence-electron chi connectivity index (χ0n) is 11.0. The third-order valence-corrected chi connectivity index (χ3v) is 3.59. The van der Waals surface area contributed by atoms with E-state index in [-0.39, 0.29) is 0 Å². The second-order valence-electron chi connectivity index (χ2n) is 5.37. The number of aromatic nitrogens is 3. The van der Waals surface area contributed by atoms with E-state index < -0.39 is 0 Å². The molecule has 4 heteroatoms. The topological polar surface area (TPSA) is 42.7 Å². The van der Waals surface area contributed by atoms with Gasteiger partial charge >= 0.3 is 0 Å². The normalized spacial score (nSPS) is 17.1. The first-order valence-corrected chi connectivity index (χ1v) is 6.86. The molecule has 4 nitrogen and oxygen atoms in total. The maximum Gasteiger partial charge on any atom is 0.140 e. The molecule has 0 bridgehead atoms. The van der Waals surface area contributed by atoms with Crippen molar-refractivity contribution in [3.05, 3.63) is 12.2 Å². The van der Waals surface area contributed by atoms with Gasteiger partial charge in [0.2, 0.25) is 0 Å². The molecule has 2 rings (SSSR count). The summed E-state index contributed by atoms with van der Waals surface area (Å²) in [6.45, 7) is 6.15. The molecule has 0 radical (unpaired) electrons. The highest BCUT2D eigenvalue weighted by Crippen LogP contribution is 2.27. The van der Waals surface area contributed by atoms with Gasteiger partial charge in [0, 0.05) is 12.6 Å². The van der Waals surface area contributed by atoms with Crippen LogP contribution in [0.1, 0.15) is 51.8 Å². The van der Waals surface area contributed by atoms with Gasteiger partial charge in [-0.25, -0.2) is 9.67 Å². The maximum atomic E-state index is 4.32. The van der Waals surface area contributed by atoms with E-state index in [4.69, 9.17) is 0 Å². The van der Waals surface area contributed by atoms with Gasteiger partial charge in [-0.1, -0.05) is 39.5 Å². The molecule has 1 aromatic rings. The molecule has 1 heterocycles. The number of aryl methyl sites for hydroxylation is 1. The Morgan fingerprint density at radius 2 is 2.18 bits per heavy atom. The predicted molar refractivity (Wildman–Crippen MR) is 68.6 cm³/mol. The molecule has 96 valence electrons. The Morgan fingerprint density at radius 1 is 1.41 bits per heavy atom. The van der Waals surface area contributed by atoms with Crippen LogP contribution in [0.15, 0.2) is 6.33 Å². The van der Waals surface area contributed by atoms with Gasteiger partial charge in [0.05, 0.1) is 6.54 Å². The Balaban J connectivity index is 1.80. The third kappa shape index (κ3) is 3.80. The Hall–Kier alpha value is -0.900. The first-order valence-electron chi connectivity index (χ1n) is 6.86. The predicted octanol–water partition coefficient (Wildman–Crippen LogP) is 2.36. The van der Waals surface area contributed by atoms with Gasteiger partial charge in [0.1, 0.15) is 12.2 Å². The number of hydrogen-bond acceptors (Lipinski definition) is 3. The Morgan fingerprint density at radius 3 is 2.88 bits per heavy atom. The molecular formula is C13H24N4. The van der Waals surface area contributed by atoms with Crippen LogP contribution in [0.2, 0.25) is 0 Å². The van der Waals surface area contributed by atoms with Crippen LogP contribution in [-0.2, 0) is 13.1 Å². The minimum atomic E-state index is 0.495. The lowest BCUT2D eigenvalue weighted by Gasteiger charge is -2.11. The molecule has 1 fully saturated rings. The van der Waals surface area contributed by atoms with E-state index in [1.807, 2.05) is 0 Å². The average Bonchev–Trinajstić information content (AvgIpc) is 2.95. The minimum Gasteiger partial charge on any atom is -0.308 e. The second-order valence-corrected chi connectivity index (χ2v) is 5.37. The van der Waals surface area contributed by atoms with E-state index in [9.17, 15) is 0 Å². The lowest BCUT2D eigenvalue weighted by Crippen LogP contribution is -2.24. The molecule has 0 spiro atoms. The van der Waals surface area contributed by atoms with Gasteiger partial charge in [-0.05, 0) is 12.3 Å². The molecule has 1 aliphatic rings. The van der Waals surface area contributed by atoms with Crippen LogP contribution in [0.4, 0.5) is 0 Å². The average molecular weight is 236 g/mol. The largest absolute Gasteiger partial charge is 0.308 e. The van der Waals surface area contributed by atoms with Gasteiger partial charge in [0.15, 0.2) is 0 Å². The van der Waals surface area contributed by atoms with Gasteiger partial charge in [0.25, 0.3) is 0 Å². The fraction of sp³-hybridized carbons (Fsp3) is 0.846. The van der Waals surface area contributed by atoms with Crippen molar-refractivity contribution in [2.24, 2.45) is 5.92 Å². The summed E-state index contributed by atoms with van der Waals surface area (Å²) in [5.41, 5.74) is 0. The number of rotatable bonds is 6. The fourth-order valence-corrected chi connectivity index (χ4v) is 2.51. The first-order chi connectivity index (χ1) is 8.25. The van der Waals surface area contributed by atoms with Crippen molar-refractivity contribution >= 4 is 0 Å². The highest BCUT2D eigenvalue weighted by molar-refractivity contribution is 4.84. The molecule has 1 saturated carbocycles. The van der Waals surface area contributed by atoms with Gasteiger partial charge < -0.3 is 5.32 Å². The van der Waals surface area contributed by atoms with Crippen LogP contribution in [0.5, 0.6) is 0 Å². The monoisotopic (exact) mass is 236 g/mol. The molecule has 0 unspecified atom stereocenters. The number of nitrogens with zero attached hydrogens (tertiary/aromatic N) is 3. The highest BCUT2D eigenvalue weighted by Gasteiger charge is 2.15. The summed E-state index contributed by atoms with van der Waals surface area (Å²) >= 11 is 0. The molecule has 17 heavy (non-hydrogen) atoms. The molecule has 0 saturated heterocycles. The van der Waals surface area contributed by atoms with Crippen molar-refractivity contribution in [1.82, 2.24) is 20.1 Å². The number of nitrogens with one attached hydrogen (secondary N) is 1. The smallest absolute Gasteiger partial charge is 0.140 e. The Kier molecular flexibility index (Phi) is 4.54. The van der Waals surface area contributed by atoms with E-state index in [0.717, 1.165) is 24.8 Å². The summed E-state index contributed by atoms with van der Waals surface area (Å²) in [7, 11) is 0. The Bertz CT molecular complexity index is 326. The van der Waals surface area contributed by atoms with Crippen molar-refractivity contribution in [2.45, 2.75) is 65.1 Å². The lowest BCUT2D eigenvalue weighted by atomic mass is 10.0. The number of hydrogen-bond donors (Lipinski definition) is 1. The summed E-state index contributed by atoms with van der Waals surface area (Å²) in [4.78, 5) is 4.32. The van der Waals surface area contributed by atoms with Crippen LogP contribution >= 0.6 is 0 Å². The van der Waals surface area contributed by atoms with E-state index >= 15 is 0 Å². The van der Waals surface area contributed by atoms with Crippen molar-refractivity contribution in [3.8, 4) is 0 Å². The van der Waals surface area contributed by atoms with Crippen LogP contribution in [0.3, 0.4) is 0 Å². The maximum absolute atomic E-state index is 4.32. The molecule has 1 aromatic heterocycles. The van der Waals surface area contributed by atoms with Crippen LogP contribution < -0.4 is 5.32 Å². The van der Waals surface area contributed by atoms with Gasteiger partial charge in [-0.15, -0.1) is 0 Å². The fourth-order valence-electron chi connectivity index (χ4n) is 2.51. The standard InChI is InChI=1S/C13H24N4/c1-11(2)14-9-13-15-10-16-17(13)8-7-12-5-3-4-6-12/h10-12,14H,3-9H2,1-2H3. The van der Waals surface area contributed by atoms with Crippen LogP contribution in [-0.4, -0.2) is 20.8 Å². The van der Waals surface area contributed by atoms with E-state index in [2.05, 4.69) is 33.9 Å². The highest BCUT2D eigenvalue weighted by atomic mass is 15.3. The molecule has 0 amide bonds. The van der Waals surface area contributed by atoms with Crippen molar-refractivity contribution in [3.63, 3.8) is 0 Å². The molecular weight excluding hydrogens is 212 g/mol. The summed E-state index contributed by atoms with van der Waals surface area (Å²) in [6.07, 6.45) is 8.60. The summed E-state index contributed by atoms with van der Waals surface area (Å²) in [5.74, 6) is 1.99. The quantitative estimate of drug-likeness (QED) is 0.824. The summed E-state index contributed by atoms with van der Waals surface area (Å²) in [5, 5.41) is 7.71. The van der Waals surface area contributed by atoms with E-state index in [0.29, 0.717) is 6.04 Å².